The monoisotopic (exact) mass is 493 g/mol. The Bertz CT molecular complexity index is 1110. The third-order valence-corrected chi connectivity index (χ3v) is 6.12. The number of hydrogen-bond acceptors (Lipinski definition) is 7. The molecular weight excluding hydrogens is 458 g/mol. The number of aromatic hydroxyl groups is 1. The number of ether oxygens (including phenoxy) is 1. The third kappa shape index (κ3) is 7.08. The van der Waals surface area contributed by atoms with Gasteiger partial charge in [-0.3, -0.25) is 15.2 Å². The number of benzene rings is 2. The molecule has 0 aromatic heterocycles. The Morgan fingerprint density at radius 2 is 1.89 bits per heavy atom. The topological polar surface area (TPSA) is 113 Å². The van der Waals surface area contributed by atoms with E-state index in [4.69, 9.17) is 15.3 Å². The number of anilines is 1. The zero-order chi connectivity index (χ0) is 25.9. The molecule has 1 aliphatic rings. The van der Waals surface area contributed by atoms with Gasteiger partial charge in [-0.2, -0.15) is 0 Å². The van der Waals surface area contributed by atoms with Crippen LogP contribution in [-0.4, -0.2) is 97.2 Å². The highest BCUT2D eigenvalue weighted by Crippen LogP contribution is 2.32. The molecule has 0 radical (unpaired) electrons. The standard InChI is InChI=1S/C27H35N5O4/c1-3-26(35)31-12-14-32(15-13-31)27(28)21(2)8-10-30(11-9-29-20-36-17-16-33)25-19-23(34)18-22-6-4-5-7-24(22)25/h3-7,18-20,28,33-34H,1-2,8-17H2. The van der Waals surface area contributed by atoms with E-state index in [2.05, 4.69) is 23.1 Å². The summed E-state index contributed by atoms with van der Waals surface area (Å²) in [6, 6.07) is 11.4. The molecule has 0 unspecified atom stereocenters. The molecule has 9 heteroatoms. The largest absolute Gasteiger partial charge is 0.508 e. The molecule has 0 spiro atoms. The van der Waals surface area contributed by atoms with Gasteiger partial charge in [-0.15, -0.1) is 0 Å². The minimum atomic E-state index is -0.0848. The number of carbonyl (C=O) groups is 1. The van der Waals surface area contributed by atoms with Gasteiger partial charge in [0.15, 0.2) is 6.40 Å². The van der Waals surface area contributed by atoms with Crippen LogP contribution in [0.4, 0.5) is 5.69 Å². The van der Waals surface area contributed by atoms with Gasteiger partial charge in [0.2, 0.25) is 5.91 Å². The second kappa shape index (κ2) is 13.3. The van der Waals surface area contributed by atoms with Gasteiger partial charge < -0.3 is 29.6 Å². The van der Waals surface area contributed by atoms with Crippen LogP contribution >= 0.6 is 0 Å². The molecule has 1 fully saturated rings. The van der Waals surface area contributed by atoms with Crippen molar-refractivity contribution in [2.24, 2.45) is 4.99 Å². The number of aliphatic hydroxyl groups excluding tert-OH is 1. The fraction of sp³-hybridized carbons (Fsp3) is 0.370. The van der Waals surface area contributed by atoms with Crippen LogP contribution < -0.4 is 4.90 Å². The lowest BCUT2D eigenvalue weighted by atomic mass is 10.1. The van der Waals surface area contributed by atoms with E-state index in [1.165, 1.54) is 12.5 Å². The van der Waals surface area contributed by atoms with Crippen LogP contribution in [0, 0.1) is 5.41 Å². The second-order valence-electron chi connectivity index (χ2n) is 8.50. The number of piperazine rings is 1. The number of phenols is 1. The Morgan fingerprint density at radius 1 is 1.17 bits per heavy atom. The minimum absolute atomic E-state index is 0.0683. The molecule has 1 aliphatic heterocycles. The van der Waals surface area contributed by atoms with Crippen molar-refractivity contribution in [1.29, 1.82) is 5.41 Å². The normalized spacial score (nSPS) is 13.7. The van der Waals surface area contributed by atoms with E-state index >= 15 is 0 Å². The number of nitrogens with one attached hydrogen (secondary N) is 1. The van der Waals surface area contributed by atoms with E-state index in [1.807, 2.05) is 29.2 Å². The zero-order valence-electron chi connectivity index (χ0n) is 20.6. The molecule has 1 amide bonds. The maximum Gasteiger partial charge on any atom is 0.246 e. The fourth-order valence-corrected chi connectivity index (χ4v) is 4.17. The minimum Gasteiger partial charge on any atom is -0.508 e. The SMILES string of the molecule is C=CC(=O)N1CCN(C(=N)C(=C)CCN(CCN=COCCO)c2cc(O)cc3ccccc23)CC1. The number of fused-ring (bicyclic) bond motifs is 1. The van der Waals surface area contributed by atoms with E-state index in [-0.39, 0.29) is 24.9 Å². The summed E-state index contributed by atoms with van der Waals surface area (Å²) >= 11 is 0. The number of rotatable bonds is 12. The number of amidine groups is 1. The van der Waals surface area contributed by atoms with Crippen molar-refractivity contribution in [2.45, 2.75) is 6.42 Å². The Hall–Kier alpha value is -3.85. The van der Waals surface area contributed by atoms with Crippen LogP contribution in [0.2, 0.25) is 0 Å². The summed E-state index contributed by atoms with van der Waals surface area (Å²) in [5, 5.41) is 29.8. The molecule has 0 atom stereocenters. The van der Waals surface area contributed by atoms with E-state index in [0.29, 0.717) is 63.6 Å². The van der Waals surface area contributed by atoms with E-state index in [0.717, 1.165) is 16.5 Å². The summed E-state index contributed by atoms with van der Waals surface area (Å²) < 4.78 is 5.11. The van der Waals surface area contributed by atoms with Gasteiger partial charge in [-0.05, 0) is 29.5 Å². The third-order valence-electron chi connectivity index (χ3n) is 6.12. The van der Waals surface area contributed by atoms with Crippen molar-refractivity contribution in [3.05, 3.63) is 61.2 Å². The number of nitrogens with zero attached hydrogens (tertiary/aromatic N) is 4. The number of aliphatic imine (C=N–C) groups is 1. The van der Waals surface area contributed by atoms with Gasteiger partial charge in [0, 0.05) is 56.4 Å². The highest BCUT2D eigenvalue weighted by atomic mass is 16.5. The van der Waals surface area contributed by atoms with Gasteiger partial charge in [-0.1, -0.05) is 37.4 Å². The van der Waals surface area contributed by atoms with Crippen molar-refractivity contribution in [3.8, 4) is 5.75 Å². The summed E-state index contributed by atoms with van der Waals surface area (Å²) in [5.74, 6) is 0.484. The molecule has 3 N–H and O–H groups in total. The summed E-state index contributed by atoms with van der Waals surface area (Å²) in [5.41, 5.74) is 1.59. The molecule has 1 heterocycles. The number of carbonyl (C=O) groups excluding carboxylic acids is 1. The Balaban J connectivity index is 1.68. The van der Waals surface area contributed by atoms with Gasteiger partial charge in [-0.25, -0.2) is 0 Å². The first-order valence-corrected chi connectivity index (χ1v) is 12.0. The van der Waals surface area contributed by atoms with Crippen LogP contribution in [0.1, 0.15) is 6.42 Å². The van der Waals surface area contributed by atoms with Crippen LogP contribution in [0.5, 0.6) is 5.75 Å². The fourth-order valence-electron chi connectivity index (χ4n) is 4.17. The van der Waals surface area contributed by atoms with Crippen LogP contribution in [0.15, 0.2) is 66.2 Å². The van der Waals surface area contributed by atoms with Gasteiger partial charge in [0.25, 0.3) is 0 Å². The lowest BCUT2D eigenvalue weighted by Gasteiger charge is -2.36. The molecule has 3 rings (SSSR count). The van der Waals surface area contributed by atoms with Crippen LogP contribution in [0.3, 0.4) is 0 Å². The maximum atomic E-state index is 11.8. The quantitative estimate of drug-likeness (QED) is 0.181. The lowest BCUT2D eigenvalue weighted by molar-refractivity contribution is -0.127. The second-order valence-corrected chi connectivity index (χ2v) is 8.50. The summed E-state index contributed by atoms with van der Waals surface area (Å²) in [4.78, 5) is 21.9. The molecule has 9 nitrogen and oxygen atoms in total. The average molecular weight is 494 g/mol. The predicted octanol–water partition coefficient (Wildman–Crippen LogP) is 2.64. The van der Waals surface area contributed by atoms with E-state index < -0.39 is 0 Å². The smallest absolute Gasteiger partial charge is 0.246 e. The highest BCUT2D eigenvalue weighted by molar-refractivity contribution is 5.97. The number of aliphatic hydroxyl groups is 1. The molecule has 0 aliphatic carbocycles. The van der Waals surface area contributed by atoms with Crippen molar-refractivity contribution >= 4 is 34.6 Å². The van der Waals surface area contributed by atoms with Gasteiger partial charge >= 0.3 is 0 Å². The number of phenolic OH excluding ortho intramolecular Hbond substituents is 1. The summed E-state index contributed by atoms with van der Waals surface area (Å²) in [6.07, 6.45) is 3.22. The van der Waals surface area contributed by atoms with Gasteiger partial charge in [0.05, 0.1) is 13.2 Å². The van der Waals surface area contributed by atoms with E-state index in [9.17, 15) is 9.90 Å². The molecule has 36 heavy (non-hydrogen) atoms. The predicted molar refractivity (Wildman–Crippen MR) is 144 cm³/mol. The number of hydrogen-bond donors (Lipinski definition) is 3. The zero-order valence-corrected chi connectivity index (χ0v) is 20.6. The van der Waals surface area contributed by atoms with E-state index in [1.54, 1.807) is 17.0 Å². The van der Waals surface area contributed by atoms with Crippen molar-refractivity contribution in [3.63, 3.8) is 0 Å². The number of amides is 1. The summed E-state index contributed by atoms with van der Waals surface area (Å²) in [7, 11) is 0. The Labute approximate surface area is 212 Å². The molecule has 1 saturated heterocycles. The van der Waals surface area contributed by atoms with Crippen LogP contribution in [0.25, 0.3) is 10.8 Å². The Morgan fingerprint density at radius 3 is 2.61 bits per heavy atom. The molecular formula is C27H35N5O4. The average Bonchev–Trinajstić information content (AvgIpc) is 2.90. The molecule has 0 saturated carbocycles. The van der Waals surface area contributed by atoms with Crippen molar-refractivity contribution in [1.82, 2.24) is 9.80 Å². The maximum absolute atomic E-state index is 11.8. The van der Waals surface area contributed by atoms with Crippen LogP contribution in [-0.2, 0) is 9.53 Å². The Kier molecular flexibility index (Phi) is 9.88. The molecule has 2 aromatic carbocycles. The summed E-state index contributed by atoms with van der Waals surface area (Å²) in [6.45, 7) is 11.7. The van der Waals surface area contributed by atoms with Gasteiger partial charge in [0.1, 0.15) is 18.2 Å². The molecule has 192 valence electrons. The van der Waals surface area contributed by atoms with Crippen molar-refractivity contribution < 1.29 is 19.7 Å². The lowest BCUT2D eigenvalue weighted by Crippen LogP contribution is -2.50. The first-order valence-electron chi connectivity index (χ1n) is 12.0. The molecule has 0 bridgehead atoms. The highest BCUT2D eigenvalue weighted by Gasteiger charge is 2.22. The first kappa shape index (κ1) is 26.7. The van der Waals surface area contributed by atoms with Crippen molar-refractivity contribution in [2.75, 3.05) is 63.9 Å². The molecule has 2 aromatic rings. The first-order chi connectivity index (χ1) is 17.4.